The topological polar surface area (TPSA) is 84.2 Å². The van der Waals surface area contributed by atoms with Gasteiger partial charge in [-0.15, -0.1) is 0 Å². The smallest absolute Gasteiger partial charge is 0.307 e. The minimum atomic E-state index is -0.342. The molecule has 2 aromatic carbocycles. The molecular weight excluding hydrogens is 432 g/mol. The second-order valence-corrected chi connectivity index (χ2v) is 8.41. The standard InChI is InChI=1S/C22H21ClN6OS/c1-4-16-14(3)26-21-24-12-25-29(21)20(16)31-19-8-6-5-7-17(19)27-22(30)28-18-11-15(23)10-9-13(18)2/h5-12H,4H2,1-3H3,(H2,27,28,30). The lowest BCUT2D eigenvalue weighted by atomic mass is 10.2. The van der Waals surface area contributed by atoms with E-state index < -0.39 is 0 Å². The molecule has 0 unspecified atom stereocenters. The van der Waals surface area contributed by atoms with E-state index in [1.165, 1.54) is 18.1 Å². The van der Waals surface area contributed by atoms with Gasteiger partial charge in [0.15, 0.2) is 0 Å². The predicted molar refractivity (Wildman–Crippen MR) is 124 cm³/mol. The summed E-state index contributed by atoms with van der Waals surface area (Å²) in [6.07, 6.45) is 2.30. The van der Waals surface area contributed by atoms with Crippen molar-refractivity contribution in [2.24, 2.45) is 0 Å². The number of fused-ring (bicyclic) bond motifs is 1. The zero-order chi connectivity index (χ0) is 22.0. The maximum Gasteiger partial charge on any atom is 0.323 e. The average Bonchev–Trinajstić information content (AvgIpc) is 3.20. The Bertz CT molecular complexity index is 1270. The van der Waals surface area contributed by atoms with Crippen LogP contribution >= 0.6 is 23.4 Å². The number of carbonyl (C=O) groups is 1. The number of nitrogens with zero attached hydrogens (tertiary/aromatic N) is 4. The van der Waals surface area contributed by atoms with E-state index in [4.69, 9.17) is 11.6 Å². The molecule has 0 radical (unpaired) electrons. The van der Waals surface area contributed by atoms with Crippen LogP contribution in [-0.4, -0.2) is 25.6 Å². The van der Waals surface area contributed by atoms with Crippen molar-refractivity contribution in [3.63, 3.8) is 0 Å². The molecule has 4 aromatic rings. The molecule has 0 aliphatic rings. The summed E-state index contributed by atoms with van der Waals surface area (Å²) in [6, 6.07) is 12.7. The van der Waals surface area contributed by atoms with E-state index in [1.807, 2.05) is 44.2 Å². The third-order valence-electron chi connectivity index (χ3n) is 4.83. The molecule has 4 rings (SSSR count). The van der Waals surface area contributed by atoms with E-state index in [0.29, 0.717) is 22.2 Å². The van der Waals surface area contributed by atoms with Gasteiger partial charge in [-0.05, 0) is 50.1 Å². The number of aromatic nitrogens is 4. The van der Waals surface area contributed by atoms with Crippen LogP contribution in [0.1, 0.15) is 23.7 Å². The molecule has 0 atom stereocenters. The molecule has 0 bridgehead atoms. The fourth-order valence-corrected chi connectivity index (χ4v) is 4.62. The van der Waals surface area contributed by atoms with E-state index in [0.717, 1.165) is 33.2 Å². The highest BCUT2D eigenvalue weighted by atomic mass is 35.5. The van der Waals surface area contributed by atoms with Crippen molar-refractivity contribution >= 4 is 46.5 Å². The average molecular weight is 453 g/mol. The summed E-state index contributed by atoms with van der Waals surface area (Å²) in [5.41, 5.74) is 4.30. The van der Waals surface area contributed by atoms with Gasteiger partial charge in [0, 0.05) is 26.9 Å². The number of amides is 2. The number of rotatable bonds is 5. The highest BCUT2D eigenvalue weighted by molar-refractivity contribution is 7.99. The van der Waals surface area contributed by atoms with Crippen LogP contribution in [-0.2, 0) is 6.42 Å². The number of anilines is 2. The fraction of sp³-hybridized carbons (Fsp3) is 0.182. The number of hydrogen-bond acceptors (Lipinski definition) is 5. The minimum absolute atomic E-state index is 0.342. The Morgan fingerprint density at radius 2 is 1.90 bits per heavy atom. The number of para-hydroxylation sites is 1. The van der Waals surface area contributed by atoms with E-state index in [9.17, 15) is 4.79 Å². The van der Waals surface area contributed by atoms with Gasteiger partial charge in [0.05, 0.1) is 5.69 Å². The summed E-state index contributed by atoms with van der Waals surface area (Å²) in [6.45, 7) is 5.97. The summed E-state index contributed by atoms with van der Waals surface area (Å²) in [5.74, 6) is 0.553. The number of hydrogen-bond donors (Lipinski definition) is 2. The van der Waals surface area contributed by atoms with Gasteiger partial charge in [-0.2, -0.15) is 14.6 Å². The van der Waals surface area contributed by atoms with Crippen LogP contribution in [0.25, 0.3) is 5.78 Å². The zero-order valence-electron chi connectivity index (χ0n) is 17.3. The summed E-state index contributed by atoms with van der Waals surface area (Å²) in [7, 11) is 0. The first-order chi connectivity index (χ1) is 15.0. The third-order valence-corrected chi connectivity index (χ3v) is 6.25. The van der Waals surface area contributed by atoms with Gasteiger partial charge in [0.2, 0.25) is 0 Å². The van der Waals surface area contributed by atoms with Gasteiger partial charge in [0.25, 0.3) is 5.78 Å². The molecule has 2 aromatic heterocycles. The molecule has 0 spiro atoms. The van der Waals surface area contributed by atoms with Crippen molar-refractivity contribution in [1.29, 1.82) is 0 Å². The van der Waals surface area contributed by atoms with Crippen molar-refractivity contribution in [1.82, 2.24) is 19.6 Å². The molecule has 2 N–H and O–H groups in total. The Labute approximate surface area is 189 Å². The van der Waals surface area contributed by atoms with Crippen LogP contribution in [0.5, 0.6) is 0 Å². The van der Waals surface area contributed by atoms with Gasteiger partial charge in [-0.3, -0.25) is 0 Å². The van der Waals surface area contributed by atoms with Crippen molar-refractivity contribution in [3.8, 4) is 0 Å². The molecule has 0 fully saturated rings. The maximum absolute atomic E-state index is 12.7. The molecule has 0 saturated heterocycles. The molecule has 31 heavy (non-hydrogen) atoms. The van der Waals surface area contributed by atoms with Gasteiger partial charge in [-0.25, -0.2) is 9.78 Å². The van der Waals surface area contributed by atoms with Crippen LogP contribution in [0.4, 0.5) is 16.2 Å². The van der Waals surface area contributed by atoms with Gasteiger partial charge >= 0.3 is 6.03 Å². The Hall–Kier alpha value is -3.10. The highest BCUT2D eigenvalue weighted by Gasteiger charge is 2.17. The summed E-state index contributed by atoms with van der Waals surface area (Å²) >= 11 is 7.59. The molecule has 9 heteroatoms. The Morgan fingerprint density at radius 3 is 2.71 bits per heavy atom. The molecule has 158 valence electrons. The Kier molecular flexibility index (Phi) is 6.11. The molecule has 0 saturated carbocycles. The molecule has 7 nitrogen and oxygen atoms in total. The van der Waals surface area contributed by atoms with Crippen molar-refractivity contribution in [3.05, 3.63) is 70.6 Å². The van der Waals surface area contributed by atoms with E-state index in [-0.39, 0.29) is 6.03 Å². The minimum Gasteiger partial charge on any atom is -0.307 e. The van der Waals surface area contributed by atoms with Crippen molar-refractivity contribution in [2.45, 2.75) is 37.1 Å². The van der Waals surface area contributed by atoms with Gasteiger partial charge in [-0.1, -0.05) is 48.5 Å². The molecule has 0 aliphatic heterocycles. The predicted octanol–water partition coefficient (Wildman–Crippen LogP) is 5.75. The molecule has 2 amide bonds. The monoisotopic (exact) mass is 452 g/mol. The van der Waals surface area contributed by atoms with Crippen LogP contribution in [0.3, 0.4) is 0 Å². The van der Waals surface area contributed by atoms with E-state index >= 15 is 0 Å². The van der Waals surface area contributed by atoms with Crippen LogP contribution in [0, 0.1) is 13.8 Å². The number of nitrogens with one attached hydrogen (secondary N) is 2. The SMILES string of the molecule is CCc1c(C)nc2ncnn2c1Sc1ccccc1NC(=O)Nc1cc(Cl)ccc1C. The number of carbonyl (C=O) groups excluding carboxylic acids is 1. The number of aryl methyl sites for hydroxylation is 2. The molecule has 2 heterocycles. The van der Waals surface area contributed by atoms with Crippen molar-refractivity contribution < 1.29 is 4.79 Å². The lowest BCUT2D eigenvalue weighted by Gasteiger charge is -2.15. The van der Waals surface area contributed by atoms with Crippen LogP contribution in [0.2, 0.25) is 5.02 Å². The zero-order valence-corrected chi connectivity index (χ0v) is 18.9. The number of halogens is 1. The van der Waals surface area contributed by atoms with Crippen LogP contribution in [0.15, 0.2) is 58.7 Å². The summed E-state index contributed by atoms with van der Waals surface area (Å²) in [5, 5.41) is 11.6. The molecule has 0 aliphatic carbocycles. The number of urea groups is 1. The largest absolute Gasteiger partial charge is 0.323 e. The maximum atomic E-state index is 12.7. The lowest BCUT2D eigenvalue weighted by molar-refractivity contribution is 0.262. The number of benzene rings is 2. The summed E-state index contributed by atoms with van der Waals surface area (Å²) < 4.78 is 1.74. The highest BCUT2D eigenvalue weighted by Crippen LogP contribution is 2.36. The van der Waals surface area contributed by atoms with E-state index in [2.05, 4.69) is 32.6 Å². The second kappa shape index (κ2) is 8.95. The quantitative estimate of drug-likeness (QED) is 0.376. The lowest BCUT2D eigenvalue weighted by Crippen LogP contribution is -2.20. The Balaban J connectivity index is 1.63. The summed E-state index contributed by atoms with van der Waals surface area (Å²) in [4.78, 5) is 22.3. The normalized spacial score (nSPS) is 11.0. The molecular formula is C22H21ClN6OS. The Morgan fingerprint density at radius 1 is 1.13 bits per heavy atom. The van der Waals surface area contributed by atoms with Crippen molar-refractivity contribution in [2.75, 3.05) is 10.6 Å². The fourth-order valence-electron chi connectivity index (χ4n) is 3.23. The van der Waals surface area contributed by atoms with Crippen LogP contribution < -0.4 is 10.6 Å². The first-order valence-electron chi connectivity index (χ1n) is 9.76. The van der Waals surface area contributed by atoms with Gasteiger partial charge < -0.3 is 10.6 Å². The first-order valence-corrected chi connectivity index (χ1v) is 11.0. The van der Waals surface area contributed by atoms with E-state index in [1.54, 1.807) is 16.6 Å². The first kappa shape index (κ1) is 21.1. The second-order valence-electron chi connectivity index (χ2n) is 6.94. The van der Waals surface area contributed by atoms with Gasteiger partial charge in [0.1, 0.15) is 11.4 Å². The third kappa shape index (κ3) is 4.50.